The molecule has 1 amide bonds. The molecule has 8 heteroatoms. The molecular formula is C20H34ClN3O3S. The Hall–Kier alpha value is -1.15. The van der Waals surface area contributed by atoms with Crippen LogP contribution in [0.1, 0.15) is 47.6 Å². The zero-order chi connectivity index (χ0) is 20.4. The zero-order valence-electron chi connectivity index (χ0n) is 17.7. The van der Waals surface area contributed by atoms with Gasteiger partial charge in [0, 0.05) is 19.0 Å². The molecule has 160 valence electrons. The molecule has 2 unspecified atom stereocenters. The maximum Gasteiger partial charge on any atom is 0.241 e. The molecule has 0 aromatic heterocycles. The number of rotatable bonds is 6. The molecule has 3 N–H and O–H groups in total. The molecule has 2 rings (SSSR count). The van der Waals surface area contributed by atoms with Crippen molar-refractivity contribution in [3.05, 3.63) is 27.8 Å². The summed E-state index contributed by atoms with van der Waals surface area (Å²) in [6.07, 6.45) is 1.04. The van der Waals surface area contributed by atoms with E-state index in [9.17, 15) is 13.2 Å². The second-order valence-electron chi connectivity index (χ2n) is 7.75. The van der Waals surface area contributed by atoms with E-state index in [1.807, 2.05) is 34.6 Å². The van der Waals surface area contributed by atoms with E-state index in [1.165, 1.54) is 0 Å². The van der Waals surface area contributed by atoms with Gasteiger partial charge in [-0.3, -0.25) is 4.79 Å². The first-order chi connectivity index (χ1) is 12.6. The monoisotopic (exact) mass is 431 g/mol. The molecule has 1 saturated heterocycles. The van der Waals surface area contributed by atoms with Gasteiger partial charge in [-0.25, -0.2) is 13.1 Å². The van der Waals surface area contributed by atoms with Crippen LogP contribution < -0.4 is 15.4 Å². The van der Waals surface area contributed by atoms with Gasteiger partial charge in [-0.2, -0.15) is 0 Å². The van der Waals surface area contributed by atoms with E-state index >= 15 is 0 Å². The van der Waals surface area contributed by atoms with Gasteiger partial charge in [0.25, 0.3) is 0 Å². The van der Waals surface area contributed by atoms with Crippen LogP contribution in [0.2, 0.25) is 0 Å². The summed E-state index contributed by atoms with van der Waals surface area (Å²) >= 11 is 0. The first-order valence-electron chi connectivity index (χ1n) is 9.63. The third-order valence-corrected chi connectivity index (χ3v) is 7.71. The van der Waals surface area contributed by atoms with Crippen LogP contribution in [0.3, 0.4) is 0 Å². The number of amides is 1. The Morgan fingerprint density at radius 1 is 1.04 bits per heavy atom. The van der Waals surface area contributed by atoms with E-state index in [0.717, 1.165) is 47.3 Å². The van der Waals surface area contributed by atoms with Crippen LogP contribution in [0.25, 0.3) is 0 Å². The molecule has 1 aliphatic heterocycles. The number of hydrogen-bond donors (Lipinski definition) is 3. The van der Waals surface area contributed by atoms with E-state index in [2.05, 4.69) is 22.3 Å². The number of nitrogens with one attached hydrogen (secondary N) is 3. The number of benzene rings is 1. The minimum atomic E-state index is -3.66. The average molecular weight is 432 g/mol. The van der Waals surface area contributed by atoms with E-state index in [0.29, 0.717) is 10.8 Å². The molecule has 0 spiro atoms. The molecule has 1 aliphatic rings. The van der Waals surface area contributed by atoms with Gasteiger partial charge >= 0.3 is 0 Å². The zero-order valence-corrected chi connectivity index (χ0v) is 19.4. The summed E-state index contributed by atoms with van der Waals surface area (Å²) in [5.74, 6) is 0.268. The summed E-state index contributed by atoms with van der Waals surface area (Å²) in [5.41, 5.74) is 4.67. The standard InChI is InChI=1S/C20H33N3O3S.ClH/c1-12-11-21-9-7-18(12)23-19(24)8-10-22-27(25,26)20-16(5)14(3)13(2)15(4)17(20)6;/h12,18,21-22H,7-11H2,1-6H3,(H,23,24);1H. The molecule has 1 fully saturated rings. The molecule has 0 aliphatic carbocycles. The van der Waals surface area contributed by atoms with Crippen molar-refractivity contribution in [2.24, 2.45) is 5.92 Å². The van der Waals surface area contributed by atoms with Crippen LogP contribution in [-0.2, 0) is 14.8 Å². The maximum absolute atomic E-state index is 12.9. The Bertz CT molecular complexity index is 795. The molecule has 0 saturated carbocycles. The number of sulfonamides is 1. The molecule has 1 aromatic carbocycles. The van der Waals surface area contributed by atoms with E-state index in [4.69, 9.17) is 0 Å². The first kappa shape index (κ1) is 24.9. The lowest BCUT2D eigenvalue weighted by atomic mass is 9.95. The highest BCUT2D eigenvalue weighted by atomic mass is 35.5. The normalized spacial score (nSPS) is 19.8. The van der Waals surface area contributed by atoms with Gasteiger partial charge in [-0.1, -0.05) is 6.92 Å². The largest absolute Gasteiger partial charge is 0.353 e. The highest BCUT2D eigenvalue weighted by molar-refractivity contribution is 7.89. The van der Waals surface area contributed by atoms with Crippen LogP contribution in [0, 0.1) is 40.5 Å². The maximum atomic E-state index is 12.9. The molecule has 1 aromatic rings. The fourth-order valence-electron chi connectivity index (χ4n) is 3.75. The Morgan fingerprint density at radius 2 is 1.57 bits per heavy atom. The number of carbonyl (C=O) groups is 1. The van der Waals surface area contributed by atoms with Gasteiger partial charge in [0.1, 0.15) is 0 Å². The van der Waals surface area contributed by atoms with Crippen molar-refractivity contribution < 1.29 is 13.2 Å². The highest BCUT2D eigenvalue weighted by Gasteiger charge is 2.25. The lowest BCUT2D eigenvalue weighted by molar-refractivity contribution is -0.122. The van der Waals surface area contributed by atoms with E-state index < -0.39 is 10.0 Å². The minimum absolute atomic E-state index is 0. The lowest BCUT2D eigenvalue weighted by Crippen LogP contribution is -2.48. The first-order valence-corrected chi connectivity index (χ1v) is 11.1. The number of halogens is 1. The van der Waals surface area contributed by atoms with Gasteiger partial charge in [-0.15, -0.1) is 12.4 Å². The minimum Gasteiger partial charge on any atom is -0.353 e. The molecule has 0 bridgehead atoms. The molecule has 2 atom stereocenters. The summed E-state index contributed by atoms with van der Waals surface area (Å²) < 4.78 is 28.3. The van der Waals surface area contributed by atoms with Crippen LogP contribution in [0.5, 0.6) is 0 Å². The van der Waals surface area contributed by atoms with Crippen LogP contribution in [0.15, 0.2) is 4.90 Å². The summed E-state index contributed by atoms with van der Waals surface area (Å²) in [6, 6.07) is 0.155. The van der Waals surface area contributed by atoms with Gasteiger partial charge in [0.15, 0.2) is 0 Å². The highest BCUT2D eigenvalue weighted by Crippen LogP contribution is 2.29. The summed E-state index contributed by atoms with van der Waals surface area (Å²) in [4.78, 5) is 12.5. The Morgan fingerprint density at radius 3 is 2.11 bits per heavy atom. The Balaban J connectivity index is 0.00000392. The third kappa shape index (κ3) is 5.47. The molecule has 28 heavy (non-hydrogen) atoms. The van der Waals surface area contributed by atoms with Crippen molar-refractivity contribution in [1.29, 1.82) is 0 Å². The summed E-state index contributed by atoms with van der Waals surface area (Å²) in [6.45, 7) is 13.6. The average Bonchev–Trinajstić information content (AvgIpc) is 2.60. The Labute approximate surface area is 175 Å². The van der Waals surface area contributed by atoms with Crippen LogP contribution in [0.4, 0.5) is 0 Å². The molecule has 6 nitrogen and oxygen atoms in total. The fraction of sp³-hybridized carbons (Fsp3) is 0.650. The lowest BCUT2D eigenvalue weighted by Gasteiger charge is -2.30. The summed E-state index contributed by atoms with van der Waals surface area (Å²) in [5, 5.41) is 6.33. The number of piperidine rings is 1. The van der Waals surface area contributed by atoms with Crippen molar-refractivity contribution in [1.82, 2.24) is 15.4 Å². The summed E-state index contributed by atoms with van der Waals surface area (Å²) in [7, 11) is -3.66. The molecular weight excluding hydrogens is 398 g/mol. The van der Waals surface area contributed by atoms with Gasteiger partial charge in [0.05, 0.1) is 4.90 Å². The quantitative estimate of drug-likeness (QED) is 0.645. The molecule has 1 heterocycles. The topological polar surface area (TPSA) is 87.3 Å². The molecule has 0 radical (unpaired) electrons. The van der Waals surface area contributed by atoms with Gasteiger partial charge in [-0.05, 0) is 87.9 Å². The van der Waals surface area contributed by atoms with Crippen LogP contribution in [-0.4, -0.2) is 40.0 Å². The van der Waals surface area contributed by atoms with Crippen molar-refractivity contribution in [3.63, 3.8) is 0 Å². The SMILES string of the molecule is Cc1c(C)c(C)c(S(=O)(=O)NCCC(=O)NC2CCNCC2C)c(C)c1C.Cl. The Kier molecular flexibility index (Phi) is 8.93. The number of hydrogen-bond acceptors (Lipinski definition) is 4. The second-order valence-corrected chi connectivity index (χ2v) is 9.45. The van der Waals surface area contributed by atoms with Crippen molar-refractivity contribution in [2.45, 2.75) is 65.3 Å². The van der Waals surface area contributed by atoms with Crippen molar-refractivity contribution in [2.75, 3.05) is 19.6 Å². The fourth-order valence-corrected chi connectivity index (χ4v) is 5.37. The van der Waals surface area contributed by atoms with Crippen molar-refractivity contribution >= 4 is 28.3 Å². The van der Waals surface area contributed by atoms with Crippen LogP contribution >= 0.6 is 12.4 Å². The van der Waals surface area contributed by atoms with Crippen molar-refractivity contribution in [3.8, 4) is 0 Å². The van der Waals surface area contributed by atoms with E-state index in [1.54, 1.807) is 0 Å². The second kappa shape index (κ2) is 10.1. The van der Waals surface area contributed by atoms with E-state index in [-0.39, 0.29) is 37.3 Å². The third-order valence-electron chi connectivity index (χ3n) is 5.98. The smallest absolute Gasteiger partial charge is 0.241 e. The number of carbonyl (C=O) groups excluding carboxylic acids is 1. The van der Waals surface area contributed by atoms with Gasteiger partial charge in [0.2, 0.25) is 15.9 Å². The predicted molar refractivity (Wildman–Crippen MR) is 116 cm³/mol. The predicted octanol–water partition coefficient (Wildman–Crippen LogP) is 2.43. The van der Waals surface area contributed by atoms with Gasteiger partial charge < -0.3 is 10.6 Å².